The number of halogens is 1. The zero-order valence-corrected chi connectivity index (χ0v) is 16.0. The average molecular weight is 393 g/mol. The number of nitrogens with zero attached hydrogens (tertiary/aromatic N) is 3. The van der Waals surface area contributed by atoms with Crippen LogP contribution < -0.4 is 4.74 Å². The Kier molecular flexibility index (Phi) is 5.36. The van der Waals surface area contributed by atoms with Gasteiger partial charge in [0.25, 0.3) is 5.91 Å². The maximum absolute atomic E-state index is 12.9. The first-order chi connectivity index (χ1) is 12.8. The summed E-state index contributed by atoms with van der Waals surface area (Å²) in [5.41, 5.74) is 1.45. The van der Waals surface area contributed by atoms with Crippen molar-refractivity contribution < 1.29 is 19.4 Å². The lowest BCUT2D eigenvalue weighted by Crippen LogP contribution is -2.50. The van der Waals surface area contributed by atoms with Gasteiger partial charge in [-0.2, -0.15) is 5.10 Å². The van der Waals surface area contributed by atoms with Crippen molar-refractivity contribution in [3.63, 3.8) is 0 Å². The molecule has 0 radical (unpaired) electrons. The molecule has 1 saturated heterocycles. The van der Waals surface area contributed by atoms with Crippen molar-refractivity contribution >= 4 is 23.5 Å². The SMILES string of the molecule is COc1cc(-c2cc(C(=O)N3CC(C)C(C(=O)O)CC3C)n[nH]2)c(Cl)cn1. The number of likely N-dealkylation sites (tertiary alicyclic amines) is 1. The quantitative estimate of drug-likeness (QED) is 0.828. The van der Waals surface area contributed by atoms with Crippen LogP contribution >= 0.6 is 11.6 Å². The van der Waals surface area contributed by atoms with Crippen LogP contribution in [0.5, 0.6) is 5.88 Å². The molecule has 27 heavy (non-hydrogen) atoms. The van der Waals surface area contributed by atoms with Gasteiger partial charge in [-0.05, 0) is 25.3 Å². The normalized spacial score (nSPS) is 22.5. The Bertz CT molecular complexity index is 869. The van der Waals surface area contributed by atoms with Crippen molar-refractivity contribution in [1.29, 1.82) is 0 Å². The average Bonchev–Trinajstić information content (AvgIpc) is 3.12. The fourth-order valence-corrected chi connectivity index (χ4v) is 3.63. The third-order valence-electron chi connectivity index (χ3n) is 5.00. The van der Waals surface area contributed by atoms with Gasteiger partial charge >= 0.3 is 5.97 Å². The molecule has 0 aromatic carbocycles. The summed E-state index contributed by atoms with van der Waals surface area (Å²) in [6.07, 6.45) is 1.89. The van der Waals surface area contributed by atoms with E-state index in [1.165, 1.54) is 13.3 Å². The van der Waals surface area contributed by atoms with Gasteiger partial charge in [0.05, 0.1) is 29.9 Å². The number of hydrogen-bond acceptors (Lipinski definition) is 5. The zero-order chi connectivity index (χ0) is 19.7. The number of aliphatic carboxylic acids is 1. The number of hydrogen-bond donors (Lipinski definition) is 2. The summed E-state index contributed by atoms with van der Waals surface area (Å²) >= 11 is 6.20. The summed E-state index contributed by atoms with van der Waals surface area (Å²) < 4.78 is 5.11. The maximum atomic E-state index is 12.9. The highest BCUT2D eigenvalue weighted by atomic mass is 35.5. The maximum Gasteiger partial charge on any atom is 0.306 e. The van der Waals surface area contributed by atoms with Crippen LogP contribution in [0.3, 0.4) is 0 Å². The molecular formula is C18H21ClN4O4. The Balaban J connectivity index is 1.82. The molecule has 9 heteroatoms. The third kappa shape index (κ3) is 3.75. The van der Waals surface area contributed by atoms with Crippen LogP contribution in [0.4, 0.5) is 0 Å². The van der Waals surface area contributed by atoms with Gasteiger partial charge in [-0.25, -0.2) is 4.98 Å². The van der Waals surface area contributed by atoms with Crippen LogP contribution in [0.15, 0.2) is 18.3 Å². The number of H-pyrrole nitrogens is 1. The van der Waals surface area contributed by atoms with E-state index in [9.17, 15) is 14.7 Å². The lowest BCUT2D eigenvalue weighted by atomic mass is 9.83. The highest BCUT2D eigenvalue weighted by molar-refractivity contribution is 6.33. The molecule has 3 heterocycles. The second-order valence-electron chi connectivity index (χ2n) is 6.84. The largest absolute Gasteiger partial charge is 0.481 e. The number of aromatic amines is 1. The number of carbonyl (C=O) groups is 2. The van der Waals surface area contributed by atoms with Gasteiger partial charge in [0.1, 0.15) is 0 Å². The van der Waals surface area contributed by atoms with Crippen LogP contribution in [-0.2, 0) is 4.79 Å². The summed E-state index contributed by atoms with van der Waals surface area (Å²) in [4.78, 5) is 30.0. The number of piperidine rings is 1. The fourth-order valence-electron chi connectivity index (χ4n) is 3.43. The molecule has 1 fully saturated rings. The Morgan fingerprint density at radius 3 is 2.78 bits per heavy atom. The fraction of sp³-hybridized carbons (Fsp3) is 0.444. The van der Waals surface area contributed by atoms with E-state index in [2.05, 4.69) is 15.2 Å². The van der Waals surface area contributed by atoms with E-state index in [0.29, 0.717) is 35.1 Å². The summed E-state index contributed by atoms with van der Waals surface area (Å²) in [5.74, 6) is -1.22. The van der Waals surface area contributed by atoms with E-state index in [0.717, 1.165) is 0 Å². The highest BCUT2D eigenvalue weighted by Gasteiger charge is 2.38. The van der Waals surface area contributed by atoms with Crippen LogP contribution in [0.25, 0.3) is 11.3 Å². The van der Waals surface area contributed by atoms with Gasteiger partial charge in [0, 0.05) is 24.2 Å². The summed E-state index contributed by atoms with van der Waals surface area (Å²) in [7, 11) is 1.51. The van der Waals surface area contributed by atoms with Gasteiger partial charge in [-0.3, -0.25) is 14.7 Å². The minimum atomic E-state index is -0.815. The van der Waals surface area contributed by atoms with Crippen molar-refractivity contribution in [3.8, 4) is 17.1 Å². The molecule has 3 unspecified atom stereocenters. The molecule has 2 aromatic heterocycles. The number of ether oxygens (including phenoxy) is 1. The summed E-state index contributed by atoms with van der Waals surface area (Å²) in [6.45, 7) is 4.09. The van der Waals surface area contributed by atoms with Crippen LogP contribution in [0.2, 0.25) is 5.02 Å². The smallest absolute Gasteiger partial charge is 0.306 e. The third-order valence-corrected chi connectivity index (χ3v) is 5.30. The molecule has 1 aliphatic heterocycles. The number of rotatable bonds is 4. The first kappa shape index (κ1) is 19.2. The summed E-state index contributed by atoms with van der Waals surface area (Å²) in [6, 6.07) is 3.11. The van der Waals surface area contributed by atoms with E-state index in [1.807, 2.05) is 13.8 Å². The predicted molar refractivity (Wildman–Crippen MR) is 98.8 cm³/mol. The second-order valence-corrected chi connectivity index (χ2v) is 7.24. The van der Waals surface area contributed by atoms with E-state index in [4.69, 9.17) is 16.3 Å². The molecule has 2 N–H and O–H groups in total. The summed E-state index contributed by atoms with van der Waals surface area (Å²) in [5, 5.41) is 16.7. The minimum absolute atomic E-state index is 0.125. The molecule has 1 amide bonds. The molecular weight excluding hydrogens is 372 g/mol. The molecule has 2 aromatic rings. The van der Waals surface area contributed by atoms with Gasteiger partial charge in [-0.1, -0.05) is 18.5 Å². The number of carboxylic acid groups (broad SMARTS) is 1. The Labute approximate surface area is 161 Å². The van der Waals surface area contributed by atoms with Gasteiger partial charge in [-0.15, -0.1) is 0 Å². The van der Waals surface area contributed by atoms with E-state index >= 15 is 0 Å². The van der Waals surface area contributed by atoms with Crippen molar-refractivity contribution in [2.75, 3.05) is 13.7 Å². The van der Waals surface area contributed by atoms with E-state index < -0.39 is 11.9 Å². The molecule has 0 spiro atoms. The first-order valence-electron chi connectivity index (χ1n) is 8.61. The number of amides is 1. The highest BCUT2D eigenvalue weighted by Crippen LogP contribution is 2.31. The second kappa shape index (κ2) is 7.56. The van der Waals surface area contributed by atoms with Crippen LogP contribution in [0, 0.1) is 11.8 Å². The number of aromatic nitrogens is 3. The van der Waals surface area contributed by atoms with Gasteiger partial charge < -0.3 is 14.7 Å². The van der Waals surface area contributed by atoms with Gasteiger partial charge in [0.2, 0.25) is 5.88 Å². The van der Waals surface area contributed by atoms with Crippen molar-refractivity contribution in [1.82, 2.24) is 20.1 Å². The molecule has 144 valence electrons. The molecule has 8 nitrogen and oxygen atoms in total. The number of carbonyl (C=O) groups excluding carboxylic acids is 1. The number of methoxy groups -OCH3 is 1. The molecule has 3 rings (SSSR count). The Morgan fingerprint density at radius 1 is 1.37 bits per heavy atom. The number of pyridine rings is 1. The van der Waals surface area contributed by atoms with Gasteiger partial charge in [0.15, 0.2) is 5.69 Å². The topological polar surface area (TPSA) is 108 Å². The van der Waals surface area contributed by atoms with Crippen LogP contribution in [-0.4, -0.2) is 56.8 Å². The number of carboxylic acids is 1. The lowest BCUT2D eigenvalue weighted by Gasteiger charge is -2.39. The number of nitrogens with one attached hydrogen (secondary N) is 1. The molecule has 0 saturated carbocycles. The van der Waals surface area contributed by atoms with Crippen molar-refractivity contribution in [3.05, 3.63) is 29.0 Å². The van der Waals surface area contributed by atoms with Crippen molar-refractivity contribution in [2.24, 2.45) is 11.8 Å². The Morgan fingerprint density at radius 2 is 2.11 bits per heavy atom. The zero-order valence-electron chi connectivity index (χ0n) is 15.3. The predicted octanol–water partition coefficient (Wildman–Crippen LogP) is 2.71. The molecule has 0 bridgehead atoms. The van der Waals surface area contributed by atoms with Crippen LogP contribution in [0.1, 0.15) is 30.8 Å². The standard InChI is InChI=1S/C18H21ClN4O4/c1-9-8-23(10(2)4-11(9)18(25)26)17(24)15-6-14(21-22-15)12-5-16(27-3)20-7-13(12)19/h5-7,9-11H,4,8H2,1-3H3,(H,21,22)(H,25,26). The molecule has 0 aliphatic carbocycles. The minimum Gasteiger partial charge on any atom is -0.481 e. The van der Waals surface area contributed by atoms with Crippen molar-refractivity contribution in [2.45, 2.75) is 26.3 Å². The Hall–Kier alpha value is -2.61. The molecule has 1 aliphatic rings. The lowest BCUT2D eigenvalue weighted by molar-refractivity contribution is -0.146. The molecule has 3 atom stereocenters. The monoisotopic (exact) mass is 392 g/mol. The van der Waals surface area contributed by atoms with E-state index in [-0.39, 0.29) is 23.6 Å². The first-order valence-corrected chi connectivity index (χ1v) is 8.98. The van der Waals surface area contributed by atoms with E-state index in [1.54, 1.807) is 17.0 Å².